The average molecular weight is 296 g/mol. The Balaban J connectivity index is 1.79. The second-order valence-electron chi connectivity index (χ2n) is 7.61. The number of carbonyl (C=O) groups excluding carboxylic acids is 1. The Bertz CT molecular complexity index is 347. The van der Waals surface area contributed by atoms with E-state index in [9.17, 15) is 4.79 Å². The fourth-order valence-corrected chi connectivity index (χ4v) is 3.16. The molecule has 2 aliphatic rings. The van der Waals surface area contributed by atoms with E-state index in [-0.39, 0.29) is 6.09 Å². The standard InChI is InChI=1S/C17H32N2O2/c1-5-15(13-8-9-13)18-14-7-6-11-19(12-10-14)16(20)21-17(2,3)4/h13-15,18H,5-12H2,1-4H3. The van der Waals surface area contributed by atoms with Crippen molar-refractivity contribution in [1.82, 2.24) is 10.2 Å². The zero-order valence-electron chi connectivity index (χ0n) is 14.2. The van der Waals surface area contributed by atoms with Gasteiger partial charge in [0.2, 0.25) is 0 Å². The maximum absolute atomic E-state index is 12.2. The first-order valence-corrected chi connectivity index (χ1v) is 8.63. The Morgan fingerprint density at radius 2 is 1.95 bits per heavy atom. The molecule has 1 heterocycles. The average Bonchev–Trinajstić information content (AvgIpc) is 3.20. The van der Waals surface area contributed by atoms with Crippen molar-refractivity contribution in [1.29, 1.82) is 0 Å². The van der Waals surface area contributed by atoms with E-state index in [1.165, 1.54) is 25.7 Å². The van der Waals surface area contributed by atoms with E-state index in [1.54, 1.807) is 0 Å². The first-order valence-electron chi connectivity index (χ1n) is 8.63. The number of rotatable bonds is 4. The molecule has 2 rings (SSSR count). The maximum atomic E-state index is 12.2. The molecule has 1 saturated carbocycles. The molecule has 0 aromatic carbocycles. The third kappa shape index (κ3) is 5.50. The van der Waals surface area contributed by atoms with Gasteiger partial charge in [0.15, 0.2) is 0 Å². The van der Waals surface area contributed by atoms with E-state index in [1.807, 2.05) is 25.7 Å². The van der Waals surface area contributed by atoms with Crippen molar-refractivity contribution < 1.29 is 9.53 Å². The third-order valence-corrected chi connectivity index (χ3v) is 4.46. The topological polar surface area (TPSA) is 41.6 Å². The summed E-state index contributed by atoms with van der Waals surface area (Å²) in [6.07, 6.45) is 7.13. The third-order valence-electron chi connectivity index (χ3n) is 4.46. The first kappa shape index (κ1) is 16.6. The van der Waals surface area contributed by atoms with Crippen LogP contribution in [0.5, 0.6) is 0 Å². The largest absolute Gasteiger partial charge is 0.444 e. The van der Waals surface area contributed by atoms with Gasteiger partial charge in [-0.05, 0) is 65.2 Å². The van der Waals surface area contributed by atoms with Crippen LogP contribution < -0.4 is 5.32 Å². The van der Waals surface area contributed by atoms with Crippen LogP contribution in [0.25, 0.3) is 0 Å². The van der Waals surface area contributed by atoms with Crippen LogP contribution in [0.2, 0.25) is 0 Å². The van der Waals surface area contributed by atoms with E-state index in [0.717, 1.165) is 31.8 Å². The van der Waals surface area contributed by atoms with Crippen molar-refractivity contribution in [2.24, 2.45) is 5.92 Å². The molecule has 2 unspecified atom stereocenters. The van der Waals surface area contributed by atoms with Crippen molar-refractivity contribution in [2.75, 3.05) is 13.1 Å². The van der Waals surface area contributed by atoms with E-state index in [4.69, 9.17) is 4.74 Å². The molecule has 2 fully saturated rings. The predicted octanol–water partition coefficient (Wildman–Crippen LogP) is 3.55. The molecular formula is C17H32N2O2. The lowest BCUT2D eigenvalue weighted by molar-refractivity contribution is 0.0256. The van der Waals surface area contributed by atoms with Crippen LogP contribution in [-0.2, 0) is 4.74 Å². The van der Waals surface area contributed by atoms with Crippen LogP contribution in [0.15, 0.2) is 0 Å². The second-order valence-corrected chi connectivity index (χ2v) is 7.61. The number of nitrogens with zero attached hydrogens (tertiary/aromatic N) is 1. The van der Waals surface area contributed by atoms with Crippen molar-refractivity contribution in [3.63, 3.8) is 0 Å². The Kier molecular flexibility index (Phi) is 5.53. The molecule has 0 aromatic heterocycles. The van der Waals surface area contributed by atoms with Gasteiger partial charge < -0.3 is 15.0 Å². The van der Waals surface area contributed by atoms with Gasteiger partial charge in [0.05, 0.1) is 0 Å². The van der Waals surface area contributed by atoms with Crippen molar-refractivity contribution in [2.45, 2.75) is 83.9 Å². The molecule has 4 heteroatoms. The lowest BCUT2D eigenvalue weighted by Gasteiger charge is -2.27. The number of carbonyl (C=O) groups is 1. The number of ether oxygens (including phenoxy) is 1. The van der Waals surface area contributed by atoms with Gasteiger partial charge in [-0.3, -0.25) is 0 Å². The SMILES string of the molecule is CCC(NC1CCCN(C(=O)OC(C)(C)C)CC1)C1CC1. The summed E-state index contributed by atoms with van der Waals surface area (Å²) in [6, 6.07) is 1.24. The number of hydrogen-bond acceptors (Lipinski definition) is 3. The molecular weight excluding hydrogens is 264 g/mol. The molecule has 0 bridgehead atoms. The molecule has 1 saturated heterocycles. The minimum atomic E-state index is -0.402. The highest BCUT2D eigenvalue weighted by atomic mass is 16.6. The van der Waals surface area contributed by atoms with E-state index in [2.05, 4.69) is 12.2 Å². The fourth-order valence-electron chi connectivity index (χ4n) is 3.16. The van der Waals surface area contributed by atoms with Gasteiger partial charge in [-0.1, -0.05) is 6.92 Å². The highest BCUT2D eigenvalue weighted by Crippen LogP contribution is 2.34. The van der Waals surface area contributed by atoms with Crippen molar-refractivity contribution in [3.8, 4) is 0 Å². The minimum absolute atomic E-state index is 0.155. The Labute approximate surface area is 129 Å². The smallest absolute Gasteiger partial charge is 0.410 e. The molecule has 1 amide bonds. The summed E-state index contributed by atoms with van der Waals surface area (Å²) in [4.78, 5) is 14.0. The quantitative estimate of drug-likeness (QED) is 0.862. The summed E-state index contributed by atoms with van der Waals surface area (Å²) in [5.74, 6) is 0.903. The van der Waals surface area contributed by atoms with Crippen LogP contribution in [0.4, 0.5) is 4.79 Å². The van der Waals surface area contributed by atoms with E-state index in [0.29, 0.717) is 12.1 Å². The Morgan fingerprint density at radius 1 is 1.24 bits per heavy atom. The van der Waals surface area contributed by atoms with Crippen LogP contribution in [-0.4, -0.2) is 41.8 Å². The second kappa shape index (κ2) is 6.99. The molecule has 0 radical (unpaired) electrons. The van der Waals surface area contributed by atoms with Gasteiger partial charge >= 0.3 is 6.09 Å². The number of amides is 1. The number of likely N-dealkylation sites (tertiary alicyclic amines) is 1. The highest BCUT2D eigenvalue weighted by molar-refractivity contribution is 5.68. The van der Waals surface area contributed by atoms with Crippen LogP contribution >= 0.6 is 0 Å². The molecule has 4 nitrogen and oxygen atoms in total. The van der Waals surface area contributed by atoms with Gasteiger partial charge in [0.25, 0.3) is 0 Å². The minimum Gasteiger partial charge on any atom is -0.444 e. The molecule has 0 aromatic rings. The van der Waals surface area contributed by atoms with Gasteiger partial charge in [0, 0.05) is 25.2 Å². The number of hydrogen-bond donors (Lipinski definition) is 1. The van der Waals surface area contributed by atoms with Crippen LogP contribution in [0.3, 0.4) is 0 Å². The Hall–Kier alpha value is -0.770. The zero-order valence-corrected chi connectivity index (χ0v) is 14.2. The number of nitrogens with one attached hydrogen (secondary N) is 1. The normalized spacial score (nSPS) is 25.3. The summed E-state index contributed by atoms with van der Waals surface area (Å²) in [6.45, 7) is 9.69. The zero-order chi connectivity index (χ0) is 15.5. The van der Waals surface area contributed by atoms with Gasteiger partial charge in [-0.2, -0.15) is 0 Å². The van der Waals surface area contributed by atoms with Crippen LogP contribution in [0, 0.1) is 5.92 Å². The van der Waals surface area contributed by atoms with Crippen molar-refractivity contribution >= 4 is 6.09 Å². The molecule has 2 atom stereocenters. The molecule has 1 N–H and O–H groups in total. The van der Waals surface area contributed by atoms with E-state index >= 15 is 0 Å². The summed E-state index contributed by atoms with van der Waals surface area (Å²) in [5, 5.41) is 3.84. The summed E-state index contributed by atoms with van der Waals surface area (Å²) in [7, 11) is 0. The van der Waals surface area contributed by atoms with Gasteiger partial charge in [-0.25, -0.2) is 4.79 Å². The fraction of sp³-hybridized carbons (Fsp3) is 0.941. The van der Waals surface area contributed by atoms with E-state index < -0.39 is 5.60 Å². The highest BCUT2D eigenvalue weighted by Gasteiger charge is 2.32. The monoisotopic (exact) mass is 296 g/mol. The maximum Gasteiger partial charge on any atom is 0.410 e. The van der Waals surface area contributed by atoms with Gasteiger partial charge in [0.1, 0.15) is 5.60 Å². The molecule has 122 valence electrons. The summed E-state index contributed by atoms with van der Waals surface area (Å²) >= 11 is 0. The van der Waals surface area contributed by atoms with Crippen LogP contribution in [0.1, 0.15) is 66.2 Å². The lowest BCUT2D eigenvalue weighted by atomic mass is 10.0. The molecule has 21 heavy (non-hydrogen) atoms. The van der Waals surface area contributed by atoms with Crippen molar-refractivity contribution in [3.05, 3.63) is 0 Å². The summed E-state index contributed by atoms with van der Waals surface area (Å²) in [5.41, 5.74) is -0.402. The Morgan fingerprint density at radius 3 is 2.52 bits per heavy atom. The molecule has 1 aliphatic carbocycles. The first-order chi connectivity index (χ1) is 9.89. The van der Waals surface area contributed by atoms with Gasteiger partial charge in [-0.15, -0.1) is 0 Å². The summed E-state index contributed by atoms with van der Waals surface area (Å²) < 4.78 is 5.49. The lowest BCUT2D eigenvalue weighted by Crippen LogP contribution is -2.41. The molecule has 1 aliphatic heterocycles. The predicted molar refractivity (Wildman–Crippen MR) is 85.4 cm³/mol. The molecule has 0 spiro atoms.